The zero-order valence-electron chi connectivity index (χ0n) is 14.1. The van der Waals surface area contributed by atoms with Gasteiger partial charge in [-0.2, -0.15) is 11.8 Å². The number of esters is 1. The number of nitrogens with two attached hydrogens (primary N) is 1. The van der Waals surface area contributed by atoms with E-state index in [9.17, 15) is 18.8 Å². The van der Waals surface area contributed by atoms with E-state index in [1.54, 1.807) is 12.1 Å². The standard InChI is InChI=1S/C16H22FN3O4S/c1-10(14(21)19-9-11-3-5-12(17)6-4-11)24-15(22)13(7-8-25-2)20-16(18)23/h3-6,10,13H,7-9H2,1-2H3,(H,19,21)(H3,18,20,23)/t10-,13-/m1/s1. The number of hydrogen-bond donors (Lipinski definition) is 3. The van der Waals surface area contributed by atoms with Crippen molar-refractivity contribution in [3.8, 4) is 0 Å². The van der Waals surface area contributed by atoms with Crippen molar-refractivity contribution in [3.63, 3.8) is 0 Å². The van der Waals surface area contributed by atoms with Crippen LogP contribution in [0.1, 0.15) is 18.9 Å². The number of halogens is 1. The highest BCUT2D eigenvalue weighted by atomic mass is 32.2. The van der Waals surface area contributed by atoms with Crippen molar-refractivity contribution in [2.45, 2.75) is 32.0 Å². The summed E-state index contributed by atoms with van der Waals surface area (Å²) in [6.07, 6.45) is 1.16. The highest BCUT2D eigenvalue weighted by Gasteiger charge is 2.25. The molecule has 0 aromatic heterocycles. The van der Waals surface area contributed by atoms with Crippen molar-refractivity contribution < 1.29 is 23.5 Å². The molecule has 0 fully saturated rings. The van der Waals surface area contributed by atoms with Crippen molar-refractivity contribution in [2.24, 2.45) is 5.73 Å². The second-order valence-corrected chi connectivity index (χ2v) is 6.25. The van der Waals surface area contributed by atoms with Crippen LogP contribution in [0.4, 0.5) is 9.18 Å². The molecule has 0 saturated heterocycles. The van der Waals surface area contributed by atoms with Crippen LogP contribution in [0, 0.1) is 5.82 Å². The van der Waals surface area contributed by atoms with Gasteiger partial charge in [0.15, 0.2) is 6.10 Å². The van der Waals surface area contributed by atoms with E-state index in [2.05, 4.69) is 10.6 Å². The van der Waals surface area contributed by atoms with Gasteiger partial charge in [0.25, 0.3) is 5.91 Å². The van der Waals surface area contributed by atoms with E-state index in [-0.39, 0.29) is 12.4 Å². The predicted octanol–water partition coefficient (Wildman–Crippen LogP) is 1.16. The van der Waals surface area contributed by atoms with Crippen molar-refractivity contribution >= 4 is 29.7 Å². The maximum absolute atomic E-state index is 12.8. The van der Waals surface area contributed by atoms with E-state index in [0.717, 1.165) is 0 Å². The molecule has 0 heterocycles. The van der Waals surface area contributed by atoms with Crippen LogP contribution in [-0.2, 0) is 20.9 Å². The van der Waals surface area contributed by atoms with Crippen LogP contribution in [0.3, 0.4) is 0 Å². The van der Waals surface area contributed by atoms with Gasteiger partial charge in [0.05, 0.1) is 0 Å². The molecule has 0 unspecified atom stereocenters. The Balaban J connectivity index is 2.51. The number of primary amides is 1. The Labute approximate surface area is 149 Å². The molecule has 0 aliphatic rings. The fourth-order valence-corrected chi connectivity index (χ4v) is 2.37. The Morgan fingerprint density at radius 1 is 1.28 bits per heavy atom. The van der Waals surface area contributed by atoms with Gasteiger partial charge in [-0.1, -0.05) is 12.1 Å². The van der Waals surface area contributed by atoms with E-state index >= 15 is 0 Å². The number of benzene rings is 1. The molecule has 138 valence electrons. The number of nitrogens with one attached hydrogen (secondary N) is 2. The molecule has 9 heteroatoms. The molecule has 7 nitrogen and oxygen atoms in total. The van der Waals surface area contributed by atoms with Crippen LogP contribution in [0.2, 0.25) is 0 Å². The lowest BCUT2D eigenvalue weighted by atomic mass is 10.2. The van der Waals surface area contributed by atoms with Crippen LogP contribution >= 0.6 is 11.8 Å². The minimum Gasteiger partial charge on any atom is -0.451 e. The van der Waals surface area contributed by atoms with Gasteiger partial charge in [0, 0.05) is 6.54 Å². The average molecular weight is 371 g/mol. The van der Waals surface area contributed by atoms with Gasteiger partial charge in [-0.3, -0.25) is 4.79 Å². The molecule has 0 radical (unpaired) electrons. The van der Waals surface area contributed by atoms with Crippen LogP contribution in [-0.4, -0.2) is 42.1 Å². The maximum Gasteiger partial charge on any atom is 0.329 e. The van der Waals surface area contributed by atoms with Crippen LogP contribution in [0.15, 0.2) is 24.3 Å². The van der Waals surface area contributed by atoms with Crippen molar-refractivity contribution in [3.05, 3.63) is 35.6 Å². The summed E-state index contributed by atoms with van der Waals surface area (Å²) in [7, 11) is 0. The lowest BCUT2D eigenvalue weighted by molar-refractivity contribution is -0.156. The summed E-state index contributed by atoms with van der Waals surface area (Å²) in [5.74, 6) is -0.973. The third-order valence-corrected chi connectivity index (χ3v) is 3.90. The Morgan fingerprint density at radius 3 is 2.48 bits per heavy atom. The van der Waals surface area contributed by atoms with Gasteiger partial charge >= 0.3 is 12.0 Å². The summed E-state index contributed by atoms with van der Waals surface area (Å²) in [6.45, 7) is 1.60. The molecule has 0 bridgehead atoms. The van der Waals surface area contributed by atoms with Gasteiger partial charge in [-0.05, 0) is 43.0 Å². The molecule has 4 N–H and O–H groups in total. The molecule has 3 amide bonds. The summed E-state index contributed by atoms with van der Waals surface area (Å²) < 4.78 is 17.9. The second-order valence-electron chi connectivity index (χ2n) is 5.27. The first kappa shape index (κ1) is 20.8. The summed E-state index contributed by atoms with van der Waals surface area (Å²) in [4.78, 5) is 35.1. The van der Waals surface area contributed by atoms with Crippen molar-refractivity contribution in [1.82, 2.24) is 10.6 Å². The third-order valence-electron chi connectivity index (χ3n) is 3.25. The van der Waals surface area contributed by atoms with Gasteiger partial charge in [-0.25, -0.2) is 14.0 Å². The number of hydrogen-bond acceptors (Lipinski definition) is 5. The second kappa shape index (κ2) is 10.5. The molecule has 0 saturated carbocycles. The summed E-state index contributed by atoms with van der Waals surface area (Å²) >= 11 is 1.50. The minimum atomic E-state index is -1.04. The van der Waals surface area contributed by atoms with Crippen LogP contribution < -0.4 is 16.4 Å². The van der Waals surface area contributed by atoms with Gasteiger partial charge < -0.3 is 21.1 Å². The van der Waals surface area contributed by atoms with E-state index in [1.807, 2.05) is 6.26 Å². The number of rotatable bonds is 9. The monoisotopic (exact) mass is 371 g/mol. The first-order valence-corrected chi connectivity index (χ1v) is 9.00. The molecule has 2 atom stereocenters. The third kappa shape index (κ3) is 7.88. The smallest absolute Gasteiger partial charge is 0.329 e. The Morgan fingerprint density at radius 2 is 1.92 bits per heavy atom. The largest absolute Gasteiger partial charge is 0.451 e. The average Bonchev–Trinajstić information content (AvgIpc) is 2.57. The number of ether oxygens (including phenoxy) is 1. The summed E-state index contributed by atoms with van der Waals surface area (Å²) in [5, 5.41) is 4.90. The molecule has 25 heavy (non-hydrogen) atoms. The van der Waals surface area contributed by atoms with Crippen molar-refractivity contribution in [1.29, 1.82) is 0 Å². The van der Waals surface area contributed by atoms with Crippen LogP contribution in [0.5, 0.6) is 0 Å². The van der Waals surface area contributed by atoms with Gasteiger partial charge in [-0.15, -0.1) is 0 Å². The first-order valence-electron chi connectivity index (χ1n) is 7.61. The van der Waals surface area contributed by atoms with E-state index in [0.29, 0.717) is 17.7 Å². The van der Waals surface area contributed by atoms with Gasteiger partial charge in [0.2, 0.25) is 0 Å². The summed E-state index contributed by atoms with van der Waals surface area (Å²) in [6, 6.07) is 3.92. The molecule has 0 aliphatic heterocycles. The molecule has 1 rings (SSSR count). The Bertz CT molecular complexity index is 598. The number of thioether (sulfide) groups is 1. The summed E-state index contributed by atoms with van der Waals surface area (Å²) in [5.41, 5.74) is 5.76. The first-order chi connectivity index (χ1) is 11.8. The number of urea groups is 1. The number of carbonyl (C=O) groups is 3. The lowest BCUT2D eigenvalue weighted by Gasteiger charge is -2.19. The molecular formula is C16H22FN3O4S. The lowest BCUT2D eigenvalue weighted by Crippen LogP contribution is -2.47. The zero-order valence-corrected chi connectivity index (χ0v) is 14.9. The highest BCUT2D eigenvalue weighted by molar-refractivity contribution is 7.98. The number of carbonyl (C=O) groups excluding carboxylic acids is 3. The molecule has 0 spiro atoms. The molecule has 1 aromatic rings. The highest BCUT2D eigenvalue weighted by Crippen LogP contribution is 2.06. The minimum absolute atomic E-state index is 0.177. The molecule has 0 aliphatic carbocycles. The quantitative estimate of drug-likeness (QED) is 0.564. The van der Waals surface area contributed by atoms with E-state index in [1.165, 1.54) is 30.8 Å². The van der Waals surface area contributed by atoms with Gasteiger partial charge in [0.1, 0.15) is 11.9 Å². The predicted molar refractivity (Wildman–Crippen MR) is 93.3 cm³/mol. The fourth-order valence-electron chi connectivity index (χ4n) is 1.90. The normalized spacial score (nSPS) is 12.8. The number of amides is 3. The molecule has 1 aromatic carbocycles. The zero-order chi connectivity index (χ0) is 18.8. The SMILES string of the molecule is CSCC[C@@H](NC(N)=O)C(=O)O[C@H](C)C(=O)NCc1ccc(F)cc1. The Kier molecular flexibility index (Phi) is 8.76. The molecular weight excluding hydrogens is 349 g/mol. The topological polar surface area (TPSA) is 111 Å². The van der Waals surface area contributed by atoms with Crippen LogP contribution in [0.25, 0.3) is 0 Å². The Hall–Kier alpha value is -2.29. The fraction of sp³-hybridized carbons (Fsp3) is 0.438. The van der Waals surface area contributed by atoms with E-state index < -0.39 is 30.1 Å². The van der Waals surface area contributed by atoms with E-state index in [4.69, 9.17) is 10.5 Å². The van der Waals surface area contributed by atoms with Crippen molar-refractivity contribution in [2.75, 3.05) is 12.0 Å². The maximum atomic E-state index is 12.8.